The third-order valence-corrected chi connectivity index (χ3v) is 2.50. The molecule has 2 rings (SSSR count). The maximum Gasteiger partial charge on any atom is 0.126 e. The highest BCUT2D eigenvalue weighted by atomic mass is 19.1. The maximum atomic E-state index is 12.8. The molecule has 0 fully saturated rings. The van der Waals surface area contributed by atoms with Crippen LogP contribution in [0.25, 0.3) is 0 Å². The number of aromatic nitrogens is 1. The minimum Gasteiger partial charge on any atom is -0.507 e. The first kappa shape index (κ1) is 11.4. The second-order valence-corrected chi connectivity index (χ2v) is 3.81. The second kappa shape index (κ2) is 4.82. The van der Waals surface area contributed by atoms with Crippen LogP contribution in [0.5, 0.6) is 5.75 Å². The fraction of sp³-hybridized carbons (Fsp3) is 0.154. The number of benzene rings is 1. The highest BCUT2D eigenvalue weighted by Gasteiger charge is 2.10. The molecule has 0 bridgehead atoms. The van der Waals surface area contributed by atoms with Gasteiger partial charge in [0.05, 0.1) is 11.7 Å². The summed E-state index contributed by atoms with van der Waals surface area (Å²) in [6.07, 6.45) is 3.38. The van der Waals surface area contributed by atoms with E-state index in [9.17, 15) is 9.50 Å². The summed E-state index contributed by atoms with van der Waals surface area (Å²) in [6.45, 7) is 1.89. The summed E-state index contributed by atoms with van der Waals surface area (Å²) in [5, 5.41) is 12.8. The van der Waals surface area contributed by atoms with Crippen molar-refractivity contribution in [1.29, 1.82) is 0 Å². The first-order valence-corrected chi connectivity index (χ1v) is 5.32. The Morgan fingerprint density at radius 3 is 2.82 bits per heavy atom. The zero-order chi connectivity index (χ0) is 12.3. The number of phenols is 1. The Hall–Kier alpha value is -2.10. The van der Waals surface area contributed by atoms with E-state index in [1.165, 1.54) is 6.07 Å². The van der Waals surface area contributed by atoms with Crippen molar-refractivity contribution in [3.8, 4) is 5.75 Å². The fourth-order valence-electron chi connectivity index (χ4n) is 1.66. The van der Waals surface area contributed by atoms with Gasteiger partial charge in [-0.25, -0.2) is 4.39 Å². The van der Waals surface area contributed by atoms with Gasteiger partial charge in [0.2, 0.25) is 0 Å². The van der Waals surface area contributed by atoms with Crippen molar-refractivity contribution in [2.45, 2.75) is 13.0 Å². The smallest absolute Gasteiger partial charge is 0.126 e. The van der Waals surface area contributed by atoms with E-state index in [1.54, 1.807) is 18.5 Å². The lowest BCUT2D eigenvalue weighted by Crippen LogP contribution is -2.07. The number of phenolic OH excluding ortho intramolecular Hbond substituents is 1. The summed E-state index contributed by atoms with van der Waals surface area (Å²) in [5.41, 5.74) is 1.50. The summed E-state index contributed by atoms with van der Waals surface area (Å²) in [6, 6.07) is 7.58. The lowest BCUT2D eigenvalue weighted by molar-refractivity contribution is 0.459. The molecule has 0 aliphatic rings. The van der Waals surface area contributed by atoms with E-state index < -0.39 is 5.82 Å². The molecule has 0 radical (unpaired) electrons. The maximum absolute atomic E-state index is 12.8. The summed E-state index contributed by atoms with van der Waals surface area (Å²) in [7, 11) is 0. The topological polar surface area (TPSA) is 45.2 Å². The third-order valence-electron chi connectivity index (χ3n) is 2.50. The van der Waals surface area contributed by atoms with Gasteiger partial charge in [0, 0.05) is 24.0 Å². The van der Waals surface area contributed by atoms with Crippen LogP contribution in [-0.2, 0) is 0 Å². The molecule has 3 nitrogen and oxygen atoms in total. The molecule has 2 aromatic rings. The van der Waals surface area contributed by atoms with Crippen molar-refractivity contribution in [2.75, 3.05) is 5.32 Å². The molecular weight excluding hydrogens is 219 g/mol. The zero-order valence-corrected chi connectivity index (χ0v) is 9.39. The monoisotopic (exact) mass is 232 g/mol. The molecule has 4 heteroatoms. The Morgan fingerprint density at radius 2 is 2.18 bits per heavy atom. The van der Waals surface area contributed by atoms with Crippen LogP contribution >= 0.6 is 0 Å². The molecule has 88 valence electrons. The number of halogens is 1. The van der Waals surface area contributed by atoms with Gasteiger partial charge in [-0.2, -0.15) is 0 Å². The van der Waals surface area contributed by atoms with E-state index in [4.69, 9.17) is 0 Å². The molecule has 0 saturated carbocycles. The molecule has 0 aliphatic carbocycles. The Labute approximate surface area is 98.9 Å². The minimum absolute atomic E-state index is 0.0473. The largest absolute Gasteiger partial charge is 0.507 e. The normalized spacial score (nSPS) is 12.1. The van der Waals surface area contributed by atoms with E-state index in [1.807, 2.05) is 19.1 Å². The number of hydrogen-bond donors (Lipinski definition) is 2. The fourth-order valence-corrected chi connectivity index (χ4v) is 1.66. The van der Waals surface area contributed by atoms with Crippen LogP contribution in [0.4, 0.5) is 10.1 Å². The van der Waals surface area contributed by atoms with Crippen LogP contribution in [0.1, 0.15) is 18.5 Å². The van der Waals surface area contributed by atoms with Crippen molar-refractivity contribution >= 4 is 5.69 Å². The summed E-state index contributed by atoms with van der Waals surface area (Å²) < 4.78 is 12.8. The molecule has 17 heavy (non-hydrogen) atoms. The van der Waals surface area contributed by atoms with Crippen LogP contribution in [0.2, 0.25) is 0 Å². The Balaban J connectivity index is 2.17. The van der Waals surface area contributed by atoms with Crippen molar-refractivity contribution in [2.24, 2.45) is 0 Å². The van der Waals surface area contributed by atoms with Gasteiger partial charge >= 0.3 is 0 Å². The number of pyridine rings is 1. The van der Waals surface area contributed by atoms with Crippen molar-refractivity contribution in [3.63, 3.8) is 0 Å². The molecule has 1 unspecified atom stereocenters. The average Bonchev–Trinajstić information content (AvgIpc) is 2.30. The molecule has 0 amide bonds. The molecule has 1 atom stereocenters. The van der Waals surface area contributed by atoms with Gasteiger partial charge in [-0.15, -0.1) is 0 Å². The van der Waals surface area contributed by atoms with Crippen LogP contribution in [0.15, 0.2) is 42.7 Å². The predicted molar refractivity (Wildman–Crippen MR) is 64.3 cm³/mol. The number of hydrogen-bond acceptors (Lipinski definition) is 3. The van der Waals surface area contributed by atoms with Crippen molar-refractivity contribution in [1.82, 2.24) is 4.98 Å². The van der Waals surface area contributed by atoms with Crippen molar-refractivity contribution < 1.29 is 9.50 Å². The van der Waals surface area contributed by atoms with Crippen LogP contribution in [-0.4, -0.2) is 10.1 Å². The Morgan fingerprint density at radius 1 is 1.35 bits per heavy atom. The number of nitrogens with one attached hydrogen (secondary N) is 1. The number of rotatable bonds is 3. The second-order valence-electron chi connectivity index (χ2n) is 3.81. The van der Waals surface area contributed by atoms with Gasteiger partial charge in [0.25, 0.3) is 0 Å². The van der Waals surface area contributed by atoms with Crippen LogP contribution in [0, 0.1) is 5.82 Å². The van der Waals surface area contributed by atoms with Gasteiger partial charge in [-0.1, -0.05) is 6.07 Å². The quantitative estimate of drug-likeness (QED) is 0.854. The van der Waals surface area contributed by atoms with Gasteiger partial charge in [-0.3, -0.25) is 4.98 Å². The Kier molecular flexibility index (Phi) is 3.23. The van der Waals surface area contributed by atoms with Crippen molar-refractivity contribution in [3.05, 3.63) is 54.1 Å². The number of aromatic hydroxyl groups is 1. The minimum atomic E-state index is -0.445. The summed E-state index contributed by atoms with van der Waals surface area (Å²) in [4.78, 5) is 3.98. The highest BCUT2D eigenvalue weighted by Crippen LogP contribution is 2.27. The Bertz CT molecular complexity index is 502. The lowest BCUT2D eigenvalue weighted by atomic mass is 10.1. The third kappa shape index (κ3) is 2.72. The lowest BCUT2D eigenvalue weighted by Gasteiger charge is -2.16. The number of anilines is 1. The molecular formula is C13H13FN2O. The summed E-state index contributed by atoms with van der Waals surface area (Å²) in [5.74, 6) is -0.492. The van der Waals surface area contributed by atoms with Crippen LogP contribution < -0.4 is 5.32 Å². The van der Waals surface area contributed by atoms with E-state index >= 15 is 0 Å². The van der Waals surface area contributed by atoms with E-state index in [0.29, 0.717) is 5.56 Å². The van der Waals surface area contributed by atoms with Crippen LogP contribution in [0.3, 0.4) is 0 Å². The van der Waals surface area contributed by atoms with Gasteiger partial charge < -0.3 is 10.4 Å². The summed E-state index contributed by atoms with van der Waals surface area (Å²) >= 11 is 0. The zero-order valence-electron chi connectivity index (χ0n) is 9.39. The van der Waals surface area contributed by atoms with E-state index in [-0.39, 0.29) is 11.8 Å². The molecule has 1 aromatic heterocycles. The molecule has 0 aliphatic heterocycles. The van der Waals surface area contributed by atoms with E-state index in [0.717, 1.165) is 11.8 Å². The molecule has 0 saturated heterocycles. The molecule has 2 N–H and O–H groups in total. The van der Waals surface area contributed by atoms with Gasteiger partial charge in [0.1, 0.15) is 11.6 Å². The van der Waals surface area contributed by atoms with Gasteiger partial charge in [-0.05, 0) is 25.1 Å². The number of nitrogens with zero attached hydrogens (tertiary/aromatic N) is 1. The molecule has 1 heterocycles. The average molecular weight is 232 g/mol. The first-order chi connectivity index (χ1) is 8.16. The first-order valence-electron chi connectivity index (χ1n) is 5.32. The predicted octanol–water partition coefficient (Wildman–Crippen LogP) is 3.10. The molecule has 0 spiro atoms. The van der Waals surface area contributed by atoms with E-state index in [2.05, 4.69) is 10.3 Å². The molecule has 1 aromatic carbocycles. The SMILES string of the molecule is CC(Nc1cccnc1)c1ccc(F)cc1O. The highest BCUT2D eigenvalue weighted by molar-refractivity contribution is 5.45. The van der Waals surface area contributed by atoms with Gasteiger partial charge in [0.15, 0.2) is 0 Å². The standard InChI is InChI=1S/C13H13FN2O/c1-9(16-11-3-2-6-15-8-11)12-5-4-10(14)7-13(12)17/h2-9,16-17H,1H3.